The highest BCUT2D eigenvalue weighted by Crippen LogP contribution is 2.33. The molecule has 1 aliphatic rings. The van der Waals surface area contributed by atoms with Crippen molar-refractivity contribution in [3.8, 4) is 11.5 Å². The summed E-state index contributed by atoms with van der Waals surface area (Å²) in [5, 5.41) is 1.08. The topological polar surface area (TPSA) is 54.6 Å². The Balaban J connectivity index is 1.69. The van der Waals surface area contributed by atoms with Crippen molar-refractivity contribution in [2.45, 2.75) is 6.92 Å². The Kier molecular flexibility index (Phi) is 3.19. The molecule has 0 saturated heterocycles. The first-order valence-corrected chi connectivity index (χ1v) is 7.55. The molecular weight excluding hydrogens is 292 g/mol. The Bertz CT molecular complexity index is 885. The number of fused-ring (bicyclic) bond motifs is 2. The van der Waals surface area contributed by atoms with Gasteiger partial charge in [0.1, 0.15) is 0 Å². The second kappa shape index (κ2) is 5.35. The molecule has 2 aromatic carbocycles. The predicted molar refractivity (Wildman–Crippen MR) is 88.2 cm³/mol. The van der Waals surface area contributed by atoms with Crippen LogP contribution in [0.5, 0.6) is 11.5 Å². The van der Waals surface area contributed by atoms with Crippen LogP contribution in [0.2, 0.25) is 0 Å². The fourth-order valence-corrected chi connectivity index (χ4v) is 2.84. The molecule has 0 radical (unpaired) electrons. The molecule has 0 aliphatic carbocycles. The fraction of sp³-hybridized carbons (Fsp3) is 0.167. The lowest BCUT2D eigenvalue weighted by Crippen LogP contribution is -2.30. The highest BCUT2D eigenvalue weighted by molar-refractivity contribution is 6.07. The molecule has 2 heterocycles. The Hall–Kier alpha value is -2.95. The number of carbonyl (C=O) groups is 1. The minimum Gasteiger partial charge on any atom is -0.454 e. The molecule has 5 nitrogen and oxygen atoms in total. The van der Waals surface area contributed by atoms with Crippen molar-refractivity contribution in [3.63, 3.8) is 0 Å². The number of aromatic nitrogens is 1. The van der Waals surface area contributed by atoms with Crippen molar-refractivity contribution >= 4 is 22.5 Å². The zero-order valence-corrected chi connectivity index (χ0v) is 12.7. The van der Waals surface area contributed by atoms with Crippen molar-refractivity contribution in [1.82, 2.24) is 4.98 Å². The number of ether oxygens (including phenoxy) is 2. The van der Waals surface area contributed by atoms with E-state index in [1.807, 2.05) is 37.4 Å². The summed E-state index contributed by atoms with van der Waals surface area (Å²) in [7, 11) is 0. The molecule has 3 aromatic rings. The van der Waals surface area contributed by atoms with Gasteiger partial charge in [0.25, 0.3) is 5.91 Å². The van der Waals surface area contributed by atoms with Crippen molar-refractivity contribution in [1.29, 1.82) is 0 Å². The summed E-state index contributed by atoms with van der Waals surface area (Å²) < 4.78 is 10.7. The summed E-state index contributed by atoms with van der Waals surface area (Å²) in [6, 6.07) is 13.2. The number of aromatic amines is 1. The third-order valence-electron chi connectivity index (χ3n) is 4.03. The minimum absolute atomic E-state index is 0.0549. The van der Waals surface area contributed by atoms with Crippen LogP contribution in [-0.4, -0.2) is 24.2 Å². The second-order valence-corrected chi connectivity index (χ2v) is 5.37. The molecule has 0 atom stereocenters. The molecule has 4 rings (SSSR count). The molecule has 1 aliphatic heterocycles. The van der Waals surface area contributed by atoms with E-state index in [1.54, 1.807) is 23.1 Å². The maximum Gasteiger partial charge on any atom is 0.258 e. The zero-order valence-electron chi connectivity index (χ0n) is 12.7. The first-order chi connectivity index (χ1) is 11.3. The largest absolute Gasteiger partial charge is 0.454 e. The molecule has 1 amide bonds. The molecule has 0 unspecified atom stereocenters. The van der Waals surface area contributed by atoms with Crippen LogP contribution in [0.1, 0.15) is 17.3 Å². The number of hydrogen-bond acceptors (Lipinski definition) is 3. The van der Waals surface area contributed by atoms with Crippen molar-refractivity contribution < 1.29 is 14.3 Å². The van der Waals surface area contributed by atoms with Crippen molar-refractivity contribution in [2.24, 2.45) is 0 Å². The molecule has 1 aromatic heterocycles. The van der Waals surface area contributed by atoms with Gasteiger partial charge in [-0.1, -0.05) is 0 Å². The average Bonchev–Trinajstić information content (AvgIpc) is 3.23. The first-order valence-electron chi connectivity index (χ1n) is 7.55. The molecule has 0 spiro atoms. The number of carbonyl (C=O) groups excluding carboxylic acids is 1. The molecule has 116 valence electrons. The third-order valence-corrected chi connectivity index (χ3v) is 4.03. The smallest absolute Gasteiger partial charge is 0.258 e. The van der Waals surface area contributed by atoms with Crippen LogP contribution in [0.15, 0.2) is 48.7 Å². The Labute approximate surface area is 133 Å². The van der Waals surface area contributed by atoms with E-state index in [-0.39, 0.29) is 12.7 Å². The summed E-state index contributed by atoms with van der Waals surface area (Å²) in [5.74, 6) is 1.24. The molecule has 0 bridgehead atoms. The quantitative estimate of drug-likeness (QED) is 0.805. The lowest BCUT2D eigenvalue weighted by Gasteiger charge is -2.21. The Morgan fingerprint density at radius 2 is 2.00 bits per heavy atom. The SMILES string of the molecule is CCN(C(=O)c1ccc2c(c1)OCO2)c1ccc2[nH]ccc2c1. The summed E-state index contributed by atoms with van der Waals surface area (Å²) in [6.07, 6.45) is 1.89. The number of benzene rings is 2. The summed E-state index contributed by atoms with van der Waals surface area (Å²) in [4.78, 5) is 17.8. The van der Waals surface area contributed by atoms with Crippen molar-refractivity contribution in [3.05, 3.63) is 54.2 Å². The van der Waals surface area contributed by atoms with Gasteiger partial charge in [-0.05, 0) is 49.4 Å². The van der Waals surface area contributed by atoms with E-state index in [4.69, 9.17) is 9.47 Å². The zero-order chi connectivity index (χ0) is 15.8. The van der Waals surface area contributed by atoms with Crippen LogP contribution in [0.3, 0.4) is 0 Å². The van der Waals surface area contributed by atoms with E-state index in [2.05, 4.69) is 4.98 Å². The van der Waals surface area contributed by atoms with E-state index in [0.29, 0.717) is 23.6 Å². The monoisotopic (exact) mass is 308 g/mol. The number of hydrogen-bond donors (Lipinski definition) is 1. The summed E-state index contributed by atoms with van der Waals surface area (Å²) >= 11 is 0. The summed E-state index contributed by atoms with van der Waals surface area (Å²) in [6.45, 7) is 2.75. The number of anilines is 1. The fourth-order valence-electron chi connectivity index (χ4n) is 2.84. The number of rotatable bonds is 3. The van der Waals surface area contributed by atoms with Gasteiger partial charge in [0.15, 0.2) is 11.5 Å². The van der Waals surface area contributed by atoms with Gasteiger partial charge in [-0.2, -0.15) is 0 Å². The minimum atomic E-state index is -0.0549. The van der Waals surface area contributed by atoms with Gasteiger partial charge in [0, 0.05) is 34.9 Å². The van der Waals surface area contributed by atoms with Gasteiger partial charge >= 0.3 is 0 Å². The molecule has 0 saturated carbocycles. The average molecular weight is 308 g/mol. The number of nitrogens with one attached hydrogen (secondary N) is 1. The van der Waals surface area contributed by atoms with Crippen LogP contribution in [0.25, 0.3) is 10.9 Å². The molecular formula is C18H16N2O3. The van der Waals surface area contributed by atoms with E-state index >= 15 is 0 Å². The lowest BCUT2D eigenvalue weighted by molar-refractivity contribution is 0.0988. The Morgan fingerprint density at radius 1 is 1.13 bits per heavy atom. The standard InChI is InChI=1S/C18H16N2O3/c1-2-20(14-4-5-15-12(9-14)7-8-19-15)18(21)13-3-6-16-17(10-13)23-11-22-16/h3-10,19H,2,11H2,1H3. The van der Waals surface area contributed by atoms with Gasteiger partial charge in [-0.25, -0.2) is 0 Å². The van der Waals surface area contributed by atoms with Gasteiger partial charge in [-0.15, -0.1) is 0 Å². The van der Waals surface area contributed by atoms with Crippen LogP contribution in [0, 0.1) is 0 Å². The maximum absolute atomic E-state index is 12.9. The van der Waals surface area contributed by atoms with E-state index in [1.165, 1.54) is 0 Å². The molecule has 0 fully saturated rings. The summed E-state index contributed by atoms with van der Waals surface area (Å²) in [5.41, 5.74) is 2.52. The van der Waals surface area contributed by atoms with Gasteiger partial charge in [-0.3, -0.25) is 4.79 Å². The van der Waals surface area contributed by atoms with E-state index in [0.717, 1.165) is 16.6 Å². The number of H-pyrrole nitrogens is 1. The third kappa shape index (κ3) is 2.30. The predicted octanol–water partition coefficient (Wildman–Crippen LogP) is 3.56. The molecule has 1 N–H and O–H groups in total. The molecule has 23 heavy (non-hydrogen) atoms. The van der Waals surface area contributed by atoms with Gasteiger partial charge in [0.05, 0.1) is 0 Å². The van der Waals surface area contributed by atoms with Gasteiger partial charge in [0.2, 0.25) is 6.79 Å². The highest BCUT2D eigenvalue weighted by Gasteiger charge is 2.20. The number of amides is 1. The van der Waals surface area contributed by atoms with Crippen LogP contribution in [0.4, 0.5) is 5.69 Å². The highest BCUT2D eigenvalue weighted by atomic mass is 16.7. The van der Waals surface area contributed by atoms with Crippen LogP contribution in [-0.2, 0) is 0 Å². The second-order valence-electron chi connectivity index (χ2n) is 5.37. The van der Waals surface area contributed by atoms with Crippen molar-refractivity contribution in [2.75, 3.05) is 18.2 Å². The van der Waals surface area contributed by atoms with E-state index < -0.39 is 0 Å². The normalized spacial score (nSPS) is 12.6. The molecule has 5 heteroatoms. The van der Waals surface area contributed by atoms with Crippen LogP contribution < -0.4 is 14.4 Å². The maximum atomic E-state index is 12.9. The van der Waals surface area contributed by atoms with Gasteiger partial charge < -0.3 is 19.4 Å². The number of nitrogens with zero attached hydrogens (tertiary/aromatic N) is 1. The lowest BCUT2D eigenvalue weighted by atomic mass is 10.1. The Morgan fingerprint density at radius 3 is 2.87 bits per heavy atom. The van der Waals surface area contributed by atoms with E-state index in [9.17, 15) is 4.79 Å². The first kappa shape index (κ1) is 13.7. The van der Waals surface area contributed by atoms with Crippen LogP contribution >= 0.6 is 0 Å².